The number of carbonyl (C=O) groups excluding carboxylic acids is 1. The van der Waals surface area contributed by atoms with Gasteiger partial charge in [-0.25, -0.2) is 0 Å². The van der Waals surface area contributed by atoms with Crippen LogP contribution in [0, 0.1) is 25.2 Å². The Morgan fingerprint density at radius 3 is 2.26 bits per heavy atom. The Balaban J connectivity index is 0.00000364. The number of aryl methyl sites for hydroxylation is 1. The first-order valence-electron chi connectivity index (χ1n) is 9.32. The van der Waals surface area contributed by atoms with E-state index in [9.17, 15) is 4.79 Å². The average Bonchev–Trinajstić information content (AvgIpc) is 2.44. The molecule has 0 aliphatic carbocycles. The van der Waals surface area contributed by atoms with Gasteiger partial charge in [0.15, 0.2) is 0 Å². The number of anilines is 1. The van der Waals surface area contributed by atoms with Gasteiger partial charge in [-0.2, -0.15) is 0 Å². The molecule has 1 amide bonds. The molecule has 7 heteroatoms. The number of carbonyl (C=O) groups is 1. The van der Waals surface area contributed by atoms with Gasteiger partial charge < -0.3 is 25.9 Å². The predicted molar refractivity (Wildman–Crippen MR) is 107 cm³/mol. The summed E-state index contributed by atoms with van der Waals surface area (Å²) >= 11 is 0. The minimum atomic E-state index is -0.255. The van der Waals surface area contributed by atoms with Crippen molar-refractivity contribution in [2.45, 2.75) is 79.8 Å². The molecule has 1 saturated heterocycles. The first kappa shape index (κ1) is 23.9. The second-order valence-corrected chi connectivity index (χ2v) is 9.78. The van der Waals surface area contributed by atoms with Gasteiger partial charge in [-0.3, -0.25) is 4.79 Å². The Kier molecular flexibility index (Phi) is 6.80. The molecule has 1 aromatic heterocycles. The SMILES string of the molecule is Cc1nc([NH-])nc(N2C[C@H](C(=O)NC(C)(C)C)CC(C)(C)C2(C)C)c1C.[W]. The second kappa shape index (κ2) is 7.69. The maximum atomic E-state index is 12.9. The average molecular weight is 544 g/mol. The minimum Gasteiger partial charge on any atom is -0.410 e. The fourth-order valence-corrected chi connectivity index (χ4v) is 3.62. The number of amides is 1. The van der Waals surface area contributed by atoms with Crippen molar-refractivity contribution in [1.82, 2.24) is 15.3 Å². The van der Waals surface area contributed by atoms with E-state index in [1.807, 2.05) is 34.6 Å². The molecule has 1 aromatic rings. The normalized spacial score (nSPS) is 21.4. The van der Waals surface area contributed by atoms with Crippen molar-refractivity contribution in [3.05, 3.63) is 17.0 Å². The van der Waals surface area contributed by atoms with Crippen LogP contribution in [-0.4, -0.2) is 33.5 Å². The number of nitrogens with zero attached hydrogens (tertiary/aromatic N) is 3. The molecular weight excluding hydrogens is 510 g/mol. The van der Waals surface area contributed by atoms with E-state index >= 15 is 0 Å². The smallest absolute Gasteiger partial charge is 0.225 e. The zero-order valence-electron chi connectivity index (χ0n) is 18.1. The van der Waals surface area contributed by atoms with Crippen molar-refractivity contribution in [3.63, 3.8) is 0 Å². The van der Waals surface area contributed by atoms with Gasteiger partial charge in [0.25, 0.3) is 0 Å². The van der Waals surface area contributed by atoms with E-state index < -0.39 is 0 Å². The summed E-state index contributed by atoms with van der Waals surface area (Å²) in [6.45, 7) is 19.3. The van der Waals surface area contributed by atoms with Gasteiger partial charge in [0.1, 0.15) is 0 Å². The van der Waals surface area contributed by atoms with E-state index in [0.717, 1.165) is 23.5 Å². The molecule has 2 heterocycles. The Morgan fingerprint density at radius 1 is 1.19 bits per heavy atom. The quantitative estimate of drug-likeness (QED) is 0.602. The standard InChI is InChI=1S/C20H35N5O.W/c1-12-13(2)22-17(21)23-15(12)25-11-14(16(26)24-18(3,4)5)10-19(6,7)20(25,8)9;/h14H,10-11H2,1-9H3,(H3,21,22,23,24,26);/p-1/t14-;/m1./s1. The van der Waals surface area contributed by atoms with Crippen molar-refractivity contribution in [2.75, 3.05) is 11.4 Å². The third-order valence-corrected chi connectivity index (χ3v) is 5.98. The molecule has 27 heavy (non-hydrogen) atoms. The molecule has 1 atom stereocenters. The van der Waals surface area contributed by atoms with Gasteiger partial charge in [-0.1, -0.05) is 13.8 Å². The minimum absolute atomic E-state index is 0. The summed E-state index contributed by atoms with van der Waals surface area (Å²) in [5.74, 6) is 0.758. The van der Waals surface area contributed by atoms with Crippen LogP contribution in [-0.2, 0) is 25.9 Å². The third-order valence-electron chi connectivity index (χ3n) is 5.98. The van der Waals surface area contributed by atoms with Gasteiger partial charge in [-0.15, -0.1) is 0 Å². The summed E-state index contributed by atoms with van der Waals surface area (Å²) in [6, 6.07) is 0. The van der Waals surface area contributed by atoms with Crippen molar-refractivity contribution < 1.29 is 25.9 Å². The summed E-state index contributed by atoms with van der Waals surface area (Å²) in [6.07, 6.45) is 0.815. The fraction of sp³-hybridized carbons (Fsp3) is 0.750. The van der Waals surface area contributed by atoms with Crippen molar-refractivity contribution >= 4 is 17.7 Å². The Hall–Kier alpha value is -1.16. The predicted octanol–water partition coefficient (Wildman–Crippen LogP) is 4.32. The number of rotatable bonds is 2. The Bertz CT molecular complexity index is 709. The van der Waals surface area contributed by atoms with Crippen LogP contribution in [0.15, 0.2) is 0 Å². The van der Waals surface area contributed by atoms with E-state index in [1.54, 1.807) is 0 Å². The van der Waals surface area contributed by atoms with Gasteiger partial charge in [0.05, 0.1) is 11.7 Å². The Morgan fingerprint density at radius 2 is 1.74 bits per heavy atom. The van der Waals surface area contributed by atoms with Crippen LogP contribution < -0.4 is 10.2 Å². The monoisotopic (exact) mass is 544 g/mol. The molecule has 1 fully saturated rings. The third kappa shape index (κ3) is 4.82. The van der Waals surface area contributed by atoms with Crippen LogP contribution >= 0.6 is 0 Å². The van der Waals surface area contributed by atoms with Gasteiger partial charge >= 0.3 is 0 Å². The maximum absolute atomic E-state index is 12.9. The van der Waals surface area contributed by atoms with Crippen molar-refractivity contribution in [3.8, 4) is 0 Å². The molecule has 0 unspecified atom stereocenters. The van der Waals surface area contributed by atoms with Crippen molar-refractivity contribution in [1.29, 1.82) is 0 Å². The van der Waals surface area contributed by atoms with Crippen molar-refractivity contribution in [2.24, 2.45) is 11.3 Å². The van der Waals surface area contributed by atoms with Crippen LogP contribution in [0.25, 0.3) is 5.73 Å². The van der Waals surface area contributed by atoms with Crippen LogP contribution in [0.1, 0.15) is 66.1 Å². The molecule has 6 nitrogen and oxygen atoms in total. The molecule has 0 bridgehead atoms. The molecule has 0 saturated carbocycles. The van der Waals surface area contributed by atoms with Crippen LogP contribution in [0.2, 0.25) is 0 Å². The number of hydrogen-bond acceptors (Lipinski definition) is 4. The van der Waals surface area contributed by atoms with Crippen LogP contribution in [0.3, 0.4) is 0 Å². The van der Waals surface area contributed by atoms with Crippen LogP contribution in [0.5, 0.6) is 0 Å². The molecule has 2 N–H and O–H groups in total. The van der Waals surface area contributed by atoms with E-state index in [2.05, 4.69) is 47.9 Å². The molecule has 0 radical (unpaired) electrons. The summed E-state index contributed by atoms with van der Waals surface area (Å²) < 4.78 is 0. The van der Waals surface area contributed by atoms with Crippen LogP contribution in [0.4, 0.5) is 11.8 Å². The fourth-order valence-electron chi connectivity index (χ4n) is 3.62. The van der Waals surface area contributed by atoms with Gasteiger partial charge in [0.2, 0.25) is 5.91 Å². The molecule has 0 aromatic carbocycles. The molecular formula is C20H34N5OW-. The van der Waals surface area contributed by atoms with E-state index in [0.29, 0.717) is 6.54 Å². The maximum Gasteiger partial charge on any atom is 0.225 e. The topological polar surface area (TPSA) is 81.9 Å². The zero-order chi connectivity index (χ0) is 20.1. The van der Waals surface area contributed by atoms with E-state index in [-0.39, 0.29) is 55.3 Å². The summed E-state index contributed by atoms with van der Waals surface area (Å²) in [7, 11) is 0. The number of nitrogens with one attached hydrogen (secondary N) is 2. The second-order valence-electron chi connectivity index (χ2n) is 9.78. The number of piperidine rings is 1. The first-order chi connectivity index (χ1) is 11.7. The molecule has 152 valence electrons. The molecule has 0 spiro atoms. The summed E-state index contributed by atoms with van der Waals surface area (Å²) in [5, 5.41) is 3.13. The van der Waals surface area contributed by atoms with Gasteiger partial charge in [-0.05, 0) is 71.6 Å². The molecule has 2 rings (SSSR count). The summed E-state index contributed by atoms with van der Waals surface area (Å²) in [4.78, 5) is 23.7. The van der Waals surface area contributed by atoms with Gasteiger partial charge in [0, 0.05) is 44.6 Å². The summed E-state index contributed by atoms with van der Waals surface area (Å²) in [5.41, 5.74) is 9.17. The first-order valence-corrected chi connectivity index (χ1v) is 9.32. The largest absolute Gasteiger partial charge is 0.410 e. The van der Waals surface area contributed by atoms with E-state index in [4.69, 9.17) is 5.73 Å². The van der Waals surface area contributed by atoms with E-state index in [1.165, 1.54) is 0 Å². The number of hydrogen-bond donors (Lipinski definition) is 1. The Labute approximate surface area is 178 Å². The molecule has 1 aliphatic heterocycles. The molecule has 1 aliphatic rings. The zero-order valence-corrected chi connectivity index (χ0v) is 21.1. The number of aromatic nitrogens is 2.